The van der Waals surface area contributed by atoms with Crippen molar-refractivity contribution in [2.45, 2.75) is 26.0 Å². The van der Waals surface area contributed by atoms with Crippen LogP contribution in [0, 0.1) is 6.92 Å². The predicted octanol–water partition coefficient (Wildman–Crippen LogP) is 0.854. The van der Waals surface area contributed by atoms with Crippen LogP contribution in [0.15, 0.2) is 5.38 Å². The second kappa shape index (κ2) is 5.72. The molecule has 1 atom stereocenters. The molecule has 2 N–H and O–H groups in total. The van der Waals surface area contributed by atoms with Crippen molar-refractivity contribution in [2.75, 3.05) is 27.2 Å². The fraction of sp³-hybridized carbons (Fsp3) is 0.727. The first-order valence-corrected chi connectivity index (χ1v) is 6.26. The Kier molecular flexibility index (Phi) is 4.86. The molecule has 0 saturated heterocycles. The van der Waals surface area contributed by atoms with E-state index in [1.165, 1.54) is 0 Å². The second-order valence-electron chi connectivity index (χ2n) is 4.70. The summed E-state index contributed by atoms with van der Waals surface area (Å²) in [4.78, 5) is 6.34. The van der Waals surface area contributed by atoms with Crippen molar-refractivity contribution in [1.82, 2.24) is 15.2 Å². The maximum absolute atomic E-state index is 10.0. The number of aromatic nitrogens is 1. The van der Waals surface area contributed by atoms with Crippen molar-refractivity contribution in [3.63, 3.8) is 0 Å². The number of rotatable bonds is 6. The molecule has 1 aromatic heterocycles. The van der Waals surface area contributed by atoms with Crippen LogP contribution in [0.25, 0.3) is 0 Å². The maximum atomic E-state index is 10.0. The molecule has 1 unspecified atom stereocenters. The van der Waals surface area contributed by atoms with Crippen LogP contribution in [0.3, 0.4) is 0 Å². The van der Waals surface area contributed by atoms with E-state index in [4.69, 9.17) is 0 Å². The van der Waals surface area contributed by atoms with E-state index < -0.39 is 5.60 Å². The smallest absolute Gasteiger partial charge is 0.0897 e. The Labute approximate surface area is 101 Å². The van der Waals surface area contributed by atoms with Gasteiger partial charge in [-0.1, -0.05) is 0 Å². The lowest BCUT2D eigenvalue weighted by Crippen LogP contribution is -2.45. The monoisotopic (exact) mass is 243 g/mol. The molecule has 0 amide bonds. The highest BCUT2D eigenvalue weighted by molar-refractivity contribution is 7.09. The third kappa shape index (κ3) is 5.03. The molecule has 1 heterocycles. The van der Waals surface area contributed by atoms with Gasteiger partial charge in [0.1, 0.15) is 0 Å². The summed E-state index contributed by atoms with van der Waals surface area (Å²) >= 11 is 1.65. The maximum Gasteiger partial charge on any atom is 0.0897 e. The number of hydrogen-bond donors (Lipinski definition) is 2. The molecule has 5 heteroatoms. The minimum Gasteiger partial charge on any atom is -0.388 e. The first-order chi connectivity index (χ1) is 7.39. The summed E-state index contributed by atoms with van der Waals surface area (Å²) in [5.41, 5.74) is 0.345. The summed E-state index contributed by atoms with van der Waals surface area (Å²) in [5, 5.41) is 16.4. The molecule has 1 aromatic rings. The minimum atomic E-state index is -0.700. The van der Waals surface area contributed by atoms with E-state index in [-0.39, 0.29) is 0 Å². The number of nitrogens with zero attached hydrogens (tertiary/aromatic N) is 2. The normalized spacial score (nSPS) is 15.4. The molecule has 0 spiro atoms. The van der Waals surface area contributed by atoms with Crippen LogP contribution in [0.1, 0.15) is 17.6 Å². The summed E-state index contributed by atoms with van der Waals surface area (Å²) in [6.07, 6.45) is 0. The van der Waals surface area contributed by atoms with Gasteiger partial charge in [0.2, 0.25) is 0 Å². The average Bonchev–Trinajstić information content (AvgIpc) is 2.48. The van der Waals surface area contributed by atoms with Gasteiger partial charge in [-0.05, 0) is 27.9 Å². The van der Waals surface area contributed by atoms with Crippen molar-refractivity contribution < 1.29 is 5.11 Å². The second-order valence-corrected chi connectivity index (χ2v) is 5.76. The largest absolute Gasteiger partial charge is 0.388 e. The summed E-state index contributed by atoms with van der Waals surface area (Å²) in [7, 11) is 3.91. The molecule has 0 bridgehead atoms. The molecule has 0 radical (unpaired) electrons. The number of hydrogen-bond acceptors (Lipinski definition) is 5. The Bertz CT molecular complexity index is 323. The number of nitrogens with one attached hydrogen (secondary N) is 1. The van der Waals surface area contributed by atoms with Gasteiger partial charge in [0, 0.05) is 25.0 Å². The van der Waals surface area contributed by atoms with Crippen LogP contribution in [-0.4, -0.2) is 47.8 Å². The molecule has 92 valence electrons. The van der Waals surface area contributed by atoms with Gasteiger partial charge in [0.25, 0.3) is 0 Å². The summed E-state index contributed by atoms with van der Waals surface area (Å²) in [5.74, 6) is 0. The zero-order valence-corrected chi connectivity index (χ0v) is 11.3. The Hall–Kier alpha value is -0.490. The molecule has 0 aliphatic rings. The van der Waals surface area contributed by atoms with Gasteiger partial charge in [-0.15, -0.1) is 11.3 Å². The Balaban J connectivity index is 2.29. The van der Waals surface area contributed by atoms with Crippen molar-refractivity contribution in [3.05, 3.63) is 16.1 Å². The molecule has 0 saturated carbocycles. The van der Waals surface area contributed by atoms with E-state index in [0.717, 1.165) is 10.7 Å². The fourth-order valence-electron chi connectivity index (χ4n) is 1.69. The molecule has 0 fully saturated rings. The lowest BCUT2D eigenvalue weighted by molar-refractivity contribution is 0.0335. The van der Waals surface area contributed by atoms with Gasteiger partial charge >= 0.3 is 0 Å². The van der Waals surface area contributed by atoms with Crippen molar-refractivity contribution >= 4 is 11.3 Å². The van der Waals surface area contributed by atoms with E-state index in [1.54, 1.807) is 11.3 Å². The van der Waals surface area contributed by atoms with Gasteiger partial charge < -0.3 is 15.3 Å². The average molecular weight is 243 g/mol. The topological polar surface area (TPSA) is 48.4 Å². The van der Waals surface area contributed by atoms with E-state index in [9.17, 15) is 5.11 Å². The van der Waals surface area contributed by atoms with Crippen LogP contribution < -0.4 is 5.32 Å². The highest BCUT2D eigenvalue weighted by Gasteiger charge is 2.20. The summed E-state index contributed by atoms with van der Waals surface area (Å²) in [6.45, 7) is 5.77. The standard InChI is InChI=1S/C11H21N3OS/c1-9-13-10(6-16-9)5-12-7-11(2,15)8-14(3)4/h6,12,15H,5,7-8H2,1-4H3. The van der Waals surface area contributed by atoms with E-state index in [1.807, 2.05) is 38.2 Å². The van der Waals surface area contributed by atoms with Crippen LogP contribution >= 0.6 is 11.3 Å². The van der Waals surface area contributed by atoms with Crippen molar-refractivity contribution in [2.24, 2.45) is 0 Å². The minimum absolute atomic E-state index is 0.571. The molecular formula is C11H21N3OS. The van der Waals surface area contributed by atoms with E-state index in [0.29, 0.717) is 19.6 Å². The molecule has 0 aliphatic heterocycles. The zero-order chi connectivity index (χ0) is 12.2. The third-order valence-electron chi connectivity index (χ3n) is 2.14. The predicted molar refractivity (Wildman–Crippen MR) is 67.7 cm³/mol. The molecule has 4 nitrogen and oxygen atoms in total. The summed E-state index contributed by atoms with van der Waals surface area (Å²) in [6, 6.07) is 0. The van der Waals surface area contributed by atoms with Gasteiger partial charge in [0.05, 0.1) is 16.3 Å². The first-order valence-electron chi connectivity index (χ1n) is 5.38. The summed E-state index contributed by atoms with van der Waals surface area (Å²) < 4.78 is 0. The van der Waals surface area contributed by atoms with Crippen LogP contribution in [0.2, 0.25) is 0 Å². The highest BCUT2D eigenvalue weighted by Crippen LogP contribution is 2.08. The van der Waals surface area contributed by atoms with Crippen LogP contribution in [0.4, 0.5) is 0 Å². The van der Waals surface area contributed by atoms with Gasteiger partial charge in [0.15, 0.2) is 0 Å². The van der Waals surface area contributed by atoms with Gasteiger partial charge in [-0.2, -0.15) is 0 Å². The lowest BCUT2D eigenvalue weighted by Gasteiger charge is -2.27. The molecule has 0 aromatic carbocycles. The van der Waals surface area contributed by atoms with Crippen molar-refractivity contribution in [1.29, 1.82) is 0 Å². The zero-order valence-electron chi connectivity index (χ0n) is 10.4. The first kappa shape index (κ1) is 13.6. The van der Waals surface area contributed by atoms with Gasteiger partial charge in [-0.25, -0.2) is 4.98 Å². The molecular weight excluding hydrogens is 222 g/mol. The molecule has 16 heavy (non-hydrogen) atoms. The number of aliphatic hydroxyl groups is 1. The van der Waals surface area contributed by atoms with Crippen LogP contribution in [-0.2, 0) is 6.54 Å². The quantitative estimate of drug-likeness (QED) is 0.778. The van der Waals surface area contributed by atoms with Gasteiger partial charge in [-0.3, -0.25) is 0 Å². The number of aryl methyl sites for hydroxylation is 1. The SMILES string of the molecule is Cc1nc(CNCC(C)(O)CN(C)C)cs1. The number of likely N-dealkylation sites (N-methyl/N-ethyl adjacent to an activating group) is 1. The Morgan fingerprint density at radius 2 is 2.25 bits per heavy atom. The fourth-order valence-corrected chi connectivity index (χ4v) is 2.30. The van der Waals surface area contributed by atoms with E-state index >= 15 is 0 Å². The lowest BCUT2D eigenvalue weighted by atomic mass is 10.1. The molecule has 0 aliphatic carbocycles. The number of thiazole rings is 1. The molecule has 1 rings (SSSR count). The van der Waals surface area contributed by atoms with Crippen LogP contribution in [0.5, 0.6) is 0 Å². The van der Waals surface area contributed by atoms with Crippen molar-refractivity contribution in [3.8, 4) is 0 Å². The van der Waals surface area contributed by atoms with E-state index in [2.05, 4.69) is 10.3 Å². The highest BCUT2D eigenvalue weighted by atomic mass is 32.1. The Morgan fingerprint density at radius 1 is 1.56 bits per heavy atom. The Morgan fingerprint density at radius 3 is 2.75 bits per heavy atom. The third-order valence-corrected chi connectivity index (χ3v) is 2.96.